The normalized spacial score (nSPS) is 11.7. The van der Waals surface area contributed by atoms with Crippen LogP contribution in [0.15, 0.2) is 72.8 Å². The molecule has 1 atom stereocenters. The summed E-state index contributed by atoms with van der Waals surface area (Å²) in [6.45, 7) is 5.69. The van der Waals surface area contributed by atoms with Gasteiger partial charge in [0.2, 0.25) is 5.91 Å². The van der Waals surface area contributed by atoms with Gasteiger partial charge in [0, 0.05) is 34.6 Å². The Labute approximate surface area is 223 Å². The summed E-state index contributed by atoms with van der Waals surface area (Å²) in [4.78, 5) is 28.5. The van der Waals surface area contributed by atoms with Gasteiger partial charge in [-0.1, -0.05) is 78.7 Å². The smallest absolute Gasteiger partial charge is 0.261 e. The zero-order chi connectivity index (χ0) is 26.1. The summed E-state index contributed by atoms with van der Waals surface area (Å²) in [5.41, 5.74) is 2.69. The van der Waals surface area contributed by atoms with Crippen molar-refractivity contribution >= 4 is 35.0 Å². The van der Waals surface area contributed by atoms with E-state index in [1.807, 2.05) is 68.4 Å². The van der Waals surface area contributed by atoms with Gasteiger partial charge in [-0.25, -0.2) is 0 Å². The predicted octanol–water partition coefficient (Wildman–Crippen LogP) is 6.10. The summed E-state index contributed by atoms with van der Waals surface area (Å²) in [5, 5.41) is 3.82. The number of carbonyl (C=O) groups excluding carboxylic acids is 2. The Morgan fingerprint density at radius 3 is 2.11 bits per heavy atom. The van der Waals surface area contributed by atoms with Crippen molar-refractivity contribution in [2.45, 2.75) is 52.2 Å². The first-order chi connectivity index (χ1) is 17.3. The molecule has 3 aromatic rings. The number of nitrogens with zero attached hydrogens (tertiary/aromatic N) is 1. The second-order valence-electron chi connectivity index (χ2n) is 8.88. The van der Waals surface area contributed by atoms with Gasteiger partial charge in [0.25, 0.3) is 5.91 Å². The van der Waals surface area contributed by atoms with Crippen LogP contribution in [0.5, 0.6) is 5.75 Å². The summed E-state index contributed by atoms with van der Waals surface area (Å²) in [5.74, 6) is -0.00872. The van der Waals surface area contributed by atoms with Crippen LogP contribution in [0.25, 0.3) is 0 Å². The molecule has 0 radical (unpaired) electrons. The number of halogens is 2. The molecule has 0 bridgehead atoms. The van der Waals surface area contributed by atoms with Gasteiger partial charge in [0.05, 0.1) is 0 Å². The Hall–Kier alpha value is -3.02. The third-order valence-electron chi connectivity index (χ3n) is 5.79. The average Bonchev–Trinajstić information content (AvgIpc) is 2.86. The molecular weight excluding hydrogens is 495 g/mol. The fraction of sp³-hybridized carbons (Fsp3) is 0.310. The van der Waals surface area contributed by atoms with Crippen molar-refractivity contribution in [2.75, 3.05) is 6.61 Å². The fourth-order valence-corrected chi connectivity index (χ4v) is 4.35. The quantitative estimate of drug-likeness (QED) is 0.328. The van der Waals surface area contributed by atoms with Crippen molar-refractivity contribution in [3.05, 3.63) is 99.5 Å². The summed E-state index contributed by atoms with van der Waals surface area (Å²) < 4.78 is 5.82. The summed E-state index contributed by atoms with van der Waals surface area (Å²) in [6, 6.07) is 21.5. The number of benzene rings is 3. The Balaban J connectivity index is 1.93. The van der Waals surface area contributed by atoms with Crippen molar-refractivity contribution in [1.29, 1.82) is 0 Å². The van der Waals surface area contributed by atoms with E-state index in [2.05, 4.69) is 12.2 Å². The summed E-state index contributed by atoms with van der Waals surface area (Å²) in [6.07, 6.45) is 1.25. The van der Waals surface area contributed by atoms with E-state index < -0.39 is 6.04 Å². The van der Waals surface area contributed by atoms with Crippen molar-refractivity contribution in [1.82, 2.24) is 10.2 Å². The maximum absolute atomic E-state index is 13.6. The van der Waals surface area contributed by atoms with Crippen LogP contribution < -0.4 is 10.1 Å². The third kappa shape index (κ3) is 7.74. The number of ether oxygens (including phenoxy) is 1. The maximum atomic E-state index is 13.6. The van der Waals surface area contributed by atoms with Gasteiger partial charge in [0.1, 0.15) is 11.8 Å². The lowest BCUT2D eigenvalue weighted by atomic mass is 10.0. The second kappa shape index (κ2) is 13.3. The molecule has 0 heterocycles. The molecular formula is C29H32Cl2N2O3. The van der Waals surface area contributed by atoms with E-state index in [1.165, 1.54) is 10.5 Å². The summed E-state index contributed by atoms with van der Waals surface area (Å²) >= 11 is 12.9. The van der Waals surface area contributed by atoms with E-state index >= 15 is 0 Å². The molecule has 7 heteroatoms. The topological polar surface area (TPSA) is 58.6 Å². The van der Waals surface area contributed by atoms with Gasteiger partial charge in [-0.05, 0) is 55.7 Å². The first-order valence-electron chi connectivity index (χ1n) is 12.1. The standard InChI is InChI=1S/C29H32Cl2N2O3/c1-4-21-13-15-23(16-14-21)36-19-28(34)33(18-24-25(30)11-8-12-26(24)31)27(29(35)32-20(2)3)17-22-9-6-5-7-10-22/h5-16,20,27H,4,17-19H2,1-3H3,(H,32,35)/t27-/m1/s1. The Morgan fingerprint density at radius 1 is 0.889 bits per heavy atom. The Morgan fingerprint density at radius 2 is 1.53 bits per heavy atom. The molecule has 190 valence electrons. The van der Waals surface area contributed by atoms with Crippen LogP contribution in [-0.2, 0) is 29.0 Å². The average molecular weight is 527 g/mol. The highest BCUT2D eigenvalue weighted by Gasteiger charge is 2.32. The molecule has 3 aromatic carbocycles. The second-order valence-corrected chi connectivity index (χ2v) is 9.69. The Bertz CT molecular complexity index is 1130. The highest BCUT2D eigenvalue weighted by atomic mass is 35.5. The number of hydrogen-bond acceptors (Lipinski definition) is 3. The lowest BCUT2D eigenvalue weighted by Crippen LogP contribution is -2.52. The minimum Gasteiger partial charge on any atom is -0.484 e. The van der Waals surface area contributed by atoms with Crippen LogP contribution in [-0.4, -0.2) is 35.4 Å². The van der Waals surface area contributed by atoms with Gasteiger partial charge in [-0.15, -0.1) is 0 Å². The molecule has 0 aromatic heterocycles. The first-order valence-corrected chi connectivity index (χ1v) is 12.8. The maximum Gasteiger partial charge on any atom is 0.261 e. The van der Waals surface area contributed by atoms with Gasteiger partial charge < -0.3 is 15.0 Å². The van der Waals surface area contributed by atoms with Crippen LogP contribution in [0.4, 0.5) is 0 Å². The van der Waals surface area contributed by atoms with Gasteiger partial charge in [-0.2, -0.15) is 0 Å². The fourth-order valence-electron chi connectivity index (χ4n) is 3.84. The monoisotopic (exact) mass is 526 g/mol. The lowest BCUT2D eigenvalue weighted by Gasteiger charge is -2.32. The van der Waals surface area contributed by atoms with Gasteiger partial charge in [-0.3, -0.25) is 9.59 Å². The van der Waals surface area contributed by atoms with E-state index in [9.17, 15) is 9.59 Å². The molecule has 0 aliphatic carbocycles. The zero-order valence-corrected chi connectivity index (χ0v) is 22.4. The van der Waals surface area contributed by atoms with E-state index in [4.69, 9.17) is 27.9 Å². The molecule has 1 N–H and O–H groups in total. The molecule has 36 heavy (non-hydrogen) atoms. The number of nitrogens with one attached hydrogen (secondary N) is 1. The van der Waals surface area contributed by atoms with E-state index in [0.717, 1.165) is 12.0 Å². The van der Waals surface area contributed by atoms with Crippen LogP contribution in [0.1, 0.15) is 37.5 Å². The molecule has 0 aliphatic heterocycles. The molecule has 0 saturated carbocycles. The van der Waals surface area contributed by atoms with Crippen LogP contribution in [0, 0.1) is 0 Å². The number of aryl methyl sites for hydroxylation is 1. The van der Waals surface area contributed by atoms with Crippen molar-refractivity contribution < 1.29 is 14.3 Å². The van der Waals surface area contributed by atoms with Crippen molar-refractivity contribution in [3.63, 3.8) is 0 Å². The lowest BCUT2D eigenvalue weighted by molar-refractivity contribution is -0.143. The molecule has 0 unspecified atom stereocenters. The van der Waals surface area contributed by atoms with E-state index in [0.29, 0.717) is 27.8 Å². The van der Waals surface area contributed by atoms with E-state index in [-0.39, 0.29) is 31.0 Å². The highest BCUT2D eigenvalue weighted by molar-refractivity contribution is 6.36. The molecule has 0 saturated heterocycles. The number of carbonyl (C=O) groups is 2. The predicted molar refractivity (Wildman–Crippen MR) is 146 cm³/mol. The Kier molecular flexibility index (Phi) is 10.2. The SMILES string of the molecule is CCc1ccc(OCC(=O)N(Cc2c(Cl)cccc2Cl)[C@H](Cc2ccccc2)C(=O)NC(C)C)cc1. The number of amides is 2. The molecule has 2 amide bonds. The summed E-state index contributed by atoms with van der Waals surface area (Å²) in [7, 11) is 0. The number of hydrogen-bond donors (Lipinski definition) is 1. The highest BCUT2D eigenvalue weighted by Crippen LogP contribution is 2.27. The first kappa shape index (κ1) is 27.6. The van der Waals surface area contributed by atoms with E-state index in [1.54, 1.807) is 18.2 Å². The molecule has 3 rings (SSSR count). The molecule has 0 aliphatic rings. The minimum atomic E-state index is -0.791. The van der Waals surface area contributed by atoms with Crippen LogP contribution in [0.2, 0.25) is 10.0 Å². The largest absolute Gasteiger partial charge is 0.484 e. The van der Waals surface area contributed by atoms with Crippen LogP contribution >= 0.6 is 23.2 Å². The van der Waals surface area contributed by atoms with Crippen molar-refractivity contribution in [3.8, 4) is 5.75 Å². The van der Waals surface area contributed by atoms with Crippen LogP contribution in [0.3, 0.4) is 0 Å². The molecule has 0 fully saturated rings. The van der Waals surface area contributed by atoms with Crippen molar-refractivity contribution in [2.24, 2.45) is 0 Å². The van der Waals surface area contributed by atoms with Gasteiger partial charge in [0.15, 0.2) is 6.61 Å². The number of rotatable bonds is 11. The molecule has 5 nitrogen and oxygen atoms in total. The van der Waals surface area contributed by atoms with Gasteiger partial charge >= 0.3 is 0 Å². The zero-order valence-electron chi connectivity index (χ0n) is 20.8. The minimum absolute atomic E-state index is 0.0679. The third-order valence-corrected chi connectivity index (χ3v) is 6.49. The molecule has 0 spiro atoms.